The van der Waals surface area contributed by atoms with Crippen LogP contribution in [0.5, 0.6) is 0 Å². The number of ether oxygens (including phenoxy) is 1. The molecule has 5 heteroatoms. The molecule has 0 amide bonds. The van der Waals surface area contributed by atoms with E-state index in [0.29, 0.717) is 6.42 Å². The van der Waals surface area contributed by atoms with Gasteiger partial charge in [-0.3, -0.25) is 9.59 Å². The molecule has 0 aliphatic rings. The maximum atomic E-state index is 10.8. The van der Waals surface area contributed by atoms with Crippen LogP contribution in [0.15, 0.2) is 0 Å². The molecule has 0 aromatic carbocycles. The van der Waals surface area contributed by atoms with Gasteiger partial charge in [-0.25, -0.2) is 4.79 Å². The zero-order valence-corrected chi connectivity index (χ0v) is 7.41. The molecular formula is C8H12O5. The number of carboxylic acids is 1. The summed E-state index contributed by atoms with van der Waals surface area (Å²) in [6.45, 7) is 1.99. The molecule has 74 valence electrons. The van der Waals surface area contributed by atoms with Gasteiger partial charge < -0.3 is 9.84 Å². The summed E-state index contributed by atoms with van der Waals surface area (Å²) in [6, 6.07) is 0. The molecular weight excluding hydrogens is 176 g/mol. The van der Waals surface area contributed by atoms with Crippen molar-refractivity contribution >= 4 is 17.7 Å². The lowest BCUT2D eigenvalue weighted by Gasteiger charge is -1.99. The number of ketones is 1. The average molecular weight is 188 g/mol. The third-order valence-corrected chi connectivity index (χ3v) is 1.23. The highest BCUT2D eigenvalue weighted by Gasteiger charge is 2.15. The number of carbonyl (C=O) groups is 3. The average Bonchev–Trinajstić information content (AvgIpc) is 2.10. The number of rotatable bonds is 6. The first-order valence-electron chi connectivity index (χ1n) is 3.99. The zero-order chi connectivity index (χ0) is 10.3. The SMILES string of the molecule is CCCOC(=O)C(=O)CCC(=O)O. The molecule has 0 aromatic rings. The van der Waals surface area contributed by atoms with Crippen LogP contribution in [0.3, 0.4) is 0 Å². The Balaban J connectivity index is 3.70. The maximum absolute atomic E-state index is 10.8. The van der Waals surface area contributed by atoms with Gasteiger partial charge in [0.1, 0.15) is 0 Å². The second kappa shape index (κ2) is 6.16. The second-order valence-corrected chi connectivity index (χ2v) is 2.45. The first kappa shape index (κ1) is 11.6. The molecule has 0 aromatic heterocycles. The van der Waals surface area contributed by atoms with E-state index >= 15 is 0 Å². The van der Waals surface area contributed by atoms with Crippen LogP contribution in [0.2, 0.25) is 0 Å². The van der Waals surface area contributed by atoms with Crippen molar-refractivity contribution in [2.75, 3.05) is 6.61 Å². The third-order valence-electron chi connectivity index (χ3n) is 1.23. The van der Waals surface area contributed by atoms with Gasteiger partial charge in [-0.1, -0.05) is 6.92 Å². The molecule has 0 saturated carbocycles. The van der Waals surface area contributed by atoms with Crippen LogP contribution in [-0.2, 0) is 19.1 Å². The first-order valence-corrected chi connectivity index (χ1v) is 3.99. The lowest BCUT2D eigenvalue weighted by Crippen LogP contribution is -2.18. The molecule has 0 spiro atoms. The molecule has 0 saturated heterocycles. The van der Waals surface area contributed by atoms with Crippen LogP contribution >= 0.6 is 0 Å². The number of esters is 1. The molecule has 1 N–H and O–H groups in total. The zero-order valence-electron chi connectivity index (χ0n) is 7.41. The summed E-state index contributed by atoms with van der Waals surface area (Å²) in [5, 5.41) is 8.22. The fourth-order valence-electron chi connectivity index (χ4n) is 0.598. The standard InChI is InChI=1S/C8H12O5/c1-2-5-13-8(12)6(9)3-4-7(10)11/h2-5H2,1H3,(H,10,11). The van der Waals surface area contributed by atoms with E-state index in [4.69, 9.17) is 5.11 Å². The van der Waals surface area contributed by atoms with Crippen LogP contribution in [0.4, 0.5) is 0 Å². The van der Waals surface area contributed by atoms with Crippen molar-refractivity contribution in [3.05, 3.63) is 0 Å². The van der Waals surface area contributed by atoms with Crippen molar-refractivity contribution in [3.8, 4) is 0 Å². The van der Waals surface area contributed by atoms with Gasteiger partial charge in [-0.05, 0) is 6.42 Å². The van der Waals surface area contributed by atoms with E-state index in [0.717, 1.165) is 0 Å². The summed E-state index contributed by atoms with van der Waals surface area (Å²) in [4.78, 5) is 31.6. The summed E-state index contributed by atoms with van der Waals surface area (Å²) < 4.78 is 4.50. The number of hydrogen-bond donors (Lipinski definition) is 1. The Bertz CT molecular complexity index is 209. The minimum Gasteiger partial charge on any atom is -0.481 e. The molecule has 13 heavy (non-hydrogen) atoms. The van der Waals surface area contributed by atoms with Gasteiger partial charge in [-0.15, -0.1) is 0 Å². The minimum absolute atomic E-state index is 0.192. The predicted octanol–water partition coefficient (Wildman–Crippen LogP) is 0.374. The van der Waals surface area contributed by atoms with Gasteiger partial charge >= 0.3 is 11.9 Å². The van der Waals surface area contributed by atoms with Crippen molar-refractivity contribution in [1.82, 2.24) is 0 Å². The van der Waals surface area contributed by atoms with Crippen molar-refractivity contribution in [2.24, 2.45) is 0 Å². The molecule has 0 bridgehead atoms. The first-order chi connectivity index (χ1) is 6.07. The van der Waals surface area contributed by atoms with Crippen LogP contribution in [-0.4, -0.2) is 29.4 Å². The van der Waals surface area contributed by atoms with E-state index in [1.165, 1.54) is 0 Å². The third kappa shape index (κ3) is 5.84. The number of hydrogen-bond acceptors (Lipinski definition) is 4. The lowest BCUT2D eigenvalue weighted by atomic mass is 10.2. The monoisotopic (exact) mass is 188 g/mol. The summed E-state index contributed by atoms with van der Waals surface area (Å²) in [5.74, 6) is -2.82. The van der Waals surface area contributed by atoms with E-state index in [1.807, 2.05) is 0 Å². The van der Waals surface area contributed by atoms with Gasteiger partial charge in [0.15, 0.2) is 0 Å². The smallest absolute Gasteiger partial charge is 0.374 e. The van der Waals surface area contributed by atoms with Gasteiger partial charge in [0, 0.05) is 6.42 Å². The van der Waals surface area contributed by atoms with Crippen LogP contribution in [0.25, 0.3) is 0 Å². The van der Waals surface area contributed by atoms with Crippen molar-refractivity contribution < 1.29 is 24.2 Å². The Labute approximate surface area is 75.7 Å². The molecule has 5 nitrogen and oxygen atoms in total. The van der Waals surface area contributed by atoms with Crippen LogP contribution in [0, 0.1) is 0 Å². The maximum Gasteiger partial charge on any atom is 0.374 e. The Kier molecular flexibility index (Phi) is 5.50. The number of carbonyl (C=O) groups excluding carboxylic acids is 2. The molecule has 0 fully saturated rings. The number of carboxylic acid groups (broad SMARTS) is 1. The largest absolute Gasteiger partial charge is 0.481 e. The molecule has 0 rings (SSSR count). The van der Waals surface area contributed by atoms with E-state index < -0.39 is 17.7 Å². The highest BCUT2D eigenvalue weighted by atomic mass is 16.5. The molecule has 0 heterocycles. The fourth-order valence-corrected chi connectivity index (χ4v) is 0.598. The fraction of sp³-hybridized carbons (Fsp3) is 0.625. The van der Waals surface area contributed by atoms with Crippen molar-refractivity contribution in [1.29, 1.82) is 0 Å². The quantitative estimate of drug-likeness (QED) is 0.481. The van der Waals surface area contributed by atoms with Gasteiger partial charge in [0.2, 0.25) is 5.78 Å². The molecule has 0 radical (unpaired) electrons. The molecule has 0 aliphatic heterocycles. The Morgan fingerprint density at radius 2 is 1.85 bits per heavy atom. The molecule has 0 unspecified atom stereocenters. The van der Waals surface area contributed by atoms with E-state index in [-0.39, 0.29) is 19.4 Å². The van der Waals surface area contributed by atoms with Gasteiger partial charge in [0.25, 0.3) is 0 Å². The molecule has 0 atom stereocenters. The van der Waals surface area contributed by atoms with Crippen molar-refractivity contribution in [3.63, 3.8) is 0 Å². The Morgan fingerprint density at radius 3 is 2.31 bits per heavy atom. The normalized spacial score (nSPS) is 9.31. The summed E-state index contributed by atoms with van der Waals surface area (Å²) >= 11 is 0. The minimum atomic E-state index is -1.10. The summed E-state index contributed by atoms with van der Waals surface area (Å²) in [6.07, 6.45) is 0.00981. The second-order valence-electron chi connectivity index (χ2n) is 2.45. The number of aliphatic carboxylic acids is 1. The van der Waals surface area contributed by atoms with E-state index in [1.54, 1.807) is 6.92 Å². The Morgan fingerprint density at radius 1 is 1.23 bits per heavy atom. The van der Waals surface area contributed by atoms with E-state index in [2.05, 4.69) is 4.74 Å². The number of Topliss-reactive ketones (excluding diaryl/α,β-unsaturated/α-hetero) is 1. The van der Waals surface area contributed by atoms with Crippen LogP contribution < -0.4 is 0 Å². The topological polar surface area (TPSA) is 80.7 Å². The highest BCUT2D eigenvalue weighted by molar-refractivity contribution is 6.33. The van der Waals surface area contributed by atoms with Gasteiger partial charge in [-0.2, -0.15) is 0 Å². The lowest BCUT2D eigenvalue weighted by molar-refractivity contribution is -0.154. The summed E-state index contributed by atoms with van der Waals surface area (Å²) in [7, 11) is 0. The Hall–Kier alpha value is -1.39. The van der Waals surface area contributed by atoms with Crippen molar-refractivity contribution in [2.45, 2.75) is 26.2 Å². The molecule has 0 aliphatic carbocycles. The van der Waals surface area contributed by atoms with E-state index in [9.17, 15) is 14.4 Å². The van der Waals surface area contributed by atoms with Gasteiger partial charge in [0.05, 0.1) is 13.0 Å². The predicted molar refractivity (Wildman–Crippen MR) is 43.1 cm³/mol. The highest BCUT2D eigenvalue weighted by Crippen LogP contribution is 1.94. The summed E-state index contributed by atoms with van der Waals surface area (Å²) in [5.41, 5.74) is 0. The van der Waals surface area contributed by atoms with Crippen LogP contribution in [0.1, 0.15) is 26.2 Å².